The third kappa shape index (κ3) is 2.76. The summed E-state index contributed by atoms with van der Waals surface area (Å²) >= 11 is 0. The molecule has 1 aromatic heterocycles. The van der Waals surface area contributed by atoms with Crippen LogP contribution in [0.1, 0.15) is 56.3 Å². The van der Waals surface area contributed by atoms with E-state index in [1.807, 2.05) is 24.0 Å². The molecule has 28 heavy (non-hydrogen) atoms. The molecule has 2 aromatic rings. The summed E-state index contributed by atoms with van der Waals surface area (Å²) in [5, 5.41) is 1.17. The zero-order valence-electron chi connectivity index (χ0n) is 16.4. The Balaban J connectivity index is 1.41. The Labute approximate surface area is 165 Å². The van der Waals surface area contributed by atoms with Crippen LogP contribution in [-0.4, -0.2) is 45.7 Å². The van der Waals surface area contributed by atoms with E-state index in [-0.39, 0.29) is 30.4 Å². The van der Waals surface area contributed by atoms with Gasteiger partial charge in [0, 0.05) is 29.6 Å². The van der Waals surface area contributed by atoms with E-state index in [4.69, 9.17) is 0 Å². The minimum atomic E-state index is -0.372. The van der Waals surface area contributed by atoms with Crippen molar-refractivity contribution in [3.8, 4) is 0 Å². The van der Waals surface area contributed by atoms with Gasteiger partial charge in [0.25, 0.3) is 0 Å². The highest BCUT2D eigenvalue weighted by Crippen LogP contribution is 2.39. The van der Waals surface area contributed by atoms with E-state index in [0.29, 0.717) is 13.0 Å². The van der Waals surface area contributed by atoms with Gasteiger partial charge in [-0.05, 0) is 50.7 Å². The smallest absolute Gasteiger partial charge is 0.246 e. The molecular formula is C23H27N3O2. The van der Waals surface area contributed by atoms with Gasteiger partial charge >= 0.3 is 0 Å². The fourth-order valence-electron chi connectivity index (χ4n) is 5.23. The van der Waals surface area contributed by atoms with Crippen LogP contribution < -0.4 is 0 Å². The average Bonchev–Trinajstić information content (AvgIpc) is 3.09. The summed E-state index contributed by atoms with van der Waals surface area (Å²) in [5.74, 6) is 0.179. The van der Waals surface area contributed by atoms with E-state index in [2.05, 4.69) is 23.2 Å². The highest BCUT2D eigenvalue weighted by molar-refractivity contribution is 5.97. The van der Waals surface area contributed by atoms with Crippen LogP contribution in [0.2, 0.25) is 0 Å². The number of hydrogen-bond donors (Lipinski definition) is 1. The molecule has 1 aliphatic carbocycles. The molecule has 2 atom stereocenters. The Bertz CT molecular complexity index is 973. The maximum absolute atomic E-state index is 13.3. The van der Waals surface area contributed by atoms with Crippen molar-refractivity contribution in [3.63, 3.8) is 0 Å². The highest BCUT2D eigenvalue weighted by atomic mass is 16.2. The number of hydrogen-bond acceptors (Lipinski definition) is 2. The van der Waals surface area contributed by atoms with Crippen LogP contribution in [0, 0.1) is 0 Å². The van der Waals surface area contributed by atoms with E-state index in [1.54, 1.807) is 4.90 Å². The van der Waals surface area contributed by atoms with Gasteiger partial charge in [0.1, 0.15) is 6.04 Å². The molecule has 1 fully saturated rings. The lowest BCUT2D eigenvalue weighted by Crippen LogP contribution is -2.62. The molecule has 0 spiro atoms. The number of carbonyl (C=O) groups excluding carboxylic acids is 2. The second kappa shape index (κ2) is 6.80. The number of aromatic nitrogens is 1. The van der Waals surface area contributed by atoms with Crippen molar-refractivity contribution in [1.82, 2.24) is 14.8 Å². The fraction of sp³-hybridized carbons (Fsp3) is 0.478. The summed E-state index contributed by atoms with van der Waals surface area (Å²) in [5.41, 5.74) is 4.81. The number of benzene rings is 1. The van der Waals surface area contributed by atoms with Gasteiger partial charge in [0.05, 0.1) is 12.6 Å². The number of para-hydroxylation sites is 1. The summed E-state index contributed by atoms with van der Waals surface area (Å²) in [7, 11) is 0. The number of H-pyrrole nitrogens is 1. The summed E-state index contributed by atoms with van der Waals surface area (Å²) < 4.78 is 0. The average molecular weight is 377 g/mol. The molecule has 2 amide bonds. The van der Waals surface area contributed by atoms with Gasteiger partial charge < -0.3 is 14.8 Å². The molecule has 2 aliphatic heterocycles. The first-order chi connectivity index (χ1) is 13.6. The van der Waals surface area contributed by atoms with Crippen LogP contribution in [0.3, 0.4) is 0 Å². The van der Waals surface area contributed by atoms with Crippen molar-refractivity contribution in [2.75, 3.05) is 13.1 Å². The largest absolute Gasteiger partial charge is 0.356 e. The van der Waals surface area contributed by atoms with Gasteiger partial charge in [-0.25, -0.2) is 0 Å². The normalized spacial score (nSPS) is 25.0. The predicted molar refractivity (Wildman–Crippen MR) is 109 cm³/mol. The monoisotopic (exact) mass is 377 g/mol. The number of fused-ring (bicyclic) bond motifs is 4. The lowest BCUT2D eigenvalue weighted by molar-refractivity contribution is -0.159. The van der Waals surface area contributed by atoms with Gasteiger partial charge in [-0.15, -0.1) is 0 Å². The van der Waals surface area contributed by atoms with Crippen LogP contribution >= 0.6 is 0 Å². The number of nitrogens with zero attached hydrogens (tertiary/aromatic N) is 2. The van der Waals surface area contributed by atoms with Crippen molar-refractivity contribution in [1.29, 1.82) is 0 Å². The minimum absolute atomic E-state index is 0.0685. The Hall–Kier alpha value is -2.56. The number of rotatable bonds is 3. The summed E-state index contributed by atoms with van der Waals surface area (Å²) in [6, 6.07) is 7.75. The molecule has 1 aromatic carbocycles. The molecule has 2 unspecified atom stereocenters. The fourth-order valence-corrected chi connectivity index (χ4v) is 5.23. The first kappa shape index (κ1) is 17.5. The van der Waals surface area contributed by atoms with Crippen molar-refractivity contribution >= 4 is 22.7 Å². The SMILES string of the molecule is CC1c2[nH]c3ccccc3c2CC2C(=O)N(CCC3=CCCCC3)CC(=O)N21. The summed E-state index contributed by atoms with van der Waals surface area (Å²) in [6.45, 7) is 2.91. The van der Waals surface area contributed by atoms with Gasteiger partial charge in [-0.1, -0.05) is 29.8 Å². The molecular weight excluding hydrogens is 350 g/mol. The number of allylic oxidation sites excluding steroid dienone is 1. The molecule has 0 radical (unpaired) electrons. The lowest BCUT2D eigenvalue weighted by Gasteiger charge is -2.46. The maximum Gasteiger partial charge on any atom is 0.246 e. The van der Waals surface area contributed by atoms with E-state index < -0.39 is 0 Å². The number of carbonyl (C=O) groups is 2. The quantitative estimate of drug-likeness (QED) is 0.829. The van der Waals surface area contributed by atoms with E-state index in [1.165, 1.54) is 29.4 Å². The Morgan fingerprint density at radius 2 is 2.04 bits per heavy atom. The van der Waals surface area contributed by atoms with Crippen LogP contribution in [-0.2, 0) is 16.0 Å². The molecule has 3 aliphatic rings. The third-order valence-electron chi connectivity index (χ3n) is 6.71. The third-order valence-corrected chi connectivity index (χ3v) is 6.71. The molecule has 3 heterocycles. The van der Waals surface area contributed by atoms with E-state index in [9.17, 15) is 9.59 Å². The lowest BCUT2D eigenvalue weighted by atomic mass is 9.89. The molecule has 0 bridgehead atoms. The topological polar surface area (TPSA) is 56.4 Å². The number of nitrogens with one attached hydrogen (secondary N) is 1. The zero-order valence-corrected chi connectivity index (χ0v) is 16.4. The van der Waals surface area contributed by atoms with Gasteiger partial charge in [-0.3, -0.25) is 9.59 Å². The molecule has 1 saturated heterocycles. The molecule has 5 heteroatoms. The van der Waals surface area contributed by atoms with E-state index in [0.717, 1.165) is 30.5 Å². The summed E-state index contributed by atoms with van der Waals surface area (Å²) in [4.78, 5) is 33.4. The molecule has 5 rings (SSSR count). The first-order valence-electron chi connectivity index (χ1n) is 10.5. The van der Waals surface area contributed by atoms with Crippen LogP contribution in [0.15, 0.2) is 35.9 Å². The maximum atomic E-state index is 13.3. The Kier molecular flexibility index (Phi) is 4.26. The number of piperazine rings is 1. The molecule has 0 saturated carbocycles. The van der Waals surface area contributed by atoms with Crippen molar-refractivity contribution in [3.05, 3.63) is 47.2 Å². The van der Waals surface area contributed by atoms with Gasteiger partial charge in [-0.2, -0.15) is 0 Å². The molecule has 146 valence electrons. The Morgan fingerprint density at radius 1 is 1.18 bits per heavy atom. The standard InChI is InChI=1S/C23H27N3O2/c1-15-22-18(17-9-5-6-10-19(17)24-22)13-20-23(28)25(14-21(27)26(15)20)12-11-16-7-3-2-4-8-16/h5-7,9-10,15,20,24H,2-4,8,11-14H2,1H3. The van der Waals surface area contributed by atoms with Crippen molar-refractivity contribution in [2.24, 2.45) is 0 Å². The summed E-state index contributed by atoms with van der Waals surface area (Å²) in [6.07, 6.45) is 8.64. The number of aromatic amines is 1. The second-order valence-corrected chi connectivity index (χ2v) is 8.38. The predicted octanol–water partition coefficient (Wildman–Crippen LogP) is 3.71. The molecule has 1 N–H and O–H groups in total. The number of amides is 2. The molecule has 5 nitrogen and oxygen atoms in total. The minimum Gasteiger partial charge on any atom is -0.356 e. The van der Waals surface area contributed by atoms with Crippen LogP contribution in [0.5, 0.6) is 0 Å². The van der Waals surface area contributed by atoms with Crippen molar-refractivity contribution < 1.29 is 9.59 Å². The van der Waals surface area contributed by atoms with Crippen LogP contribution in [0.4, 0.5) is 0 Å². The first-order valence-corrected chi connectivity index (χ1v) is 10.5. The van der Waals surface area contributed by atoms with E-state index >= 15 is 0 Å². The van der Waals surface area contributed by atoms with Gasteiger partial charge in [0.2, 0.25) is 11.8 Å². The highest BCUT2D eigenvalue weighted by Gasteiger charge is 2.46. The van der Waals surface area contributed by atoms with Crippen LogP contribution in [0.25, 0.3) is 10.9 Å². The second-order valence-electron chi connectivity index (χ2n) is 8.38. The van der Waals surface area contributed by atoms with Gasteiger partial charge in [0.15, 0.2) is 0 Å². The Morgan fingerprint density at radius 3 is 2.86 bits per heavy atom. The van der Waals surface area contributed by atoms with Crippen molar-refractivity contribution in [2.45, 2.75) is 57.5 Å². The zero-order chi connectivity index (χ0) is 19.3.